The van der Waals surface area contributed by atoms with E-state index in [1.807, 2.05) is 0 Å². The molecule has 1 N–H and O–H groups in total. The molecule has 122 valence electrons. The van der Waals surface area contributed by atoms with E-state index < -0.39 is 13.4 Å². The van der Waals surface area contributed by atoms with Gasteiger partial charge in [0.1, 0.15) is 5.56 Å². The molecule has 2 aromatic carbocycles. The van der Waals surface area contributed by atoms with E-state index in [9.17, 15) is 13.4 Å². The number of fused-ring (bicyclic) bond motifs is 1. The van der Waals surface area contributed by atoms with Crippen molar-refractivity contribution in [1.82, 2.24) is 4.57 Å². The Morgan fingerprint density at radius 2 is 1.96 bits per heavy atom. The molecule has 0 radical (unpaired) electrons. The van der Waals surface area contributed by atoms with Crippen molar-refractivity contribution in [3.05, 3.63) is 59.1 Å². The standard InChI is InChI=1S/C16H12BClF2N2O2/c1-22-13-8-3-2-7-12(13)14(16(22)24-17(19)20)15(23)21-11-6-4-5-10(18)9-11/h2-9H,1H3,(H,21,23). The van der Waals surface area contributed by atoms with Crippen LogP contribution >= 0.6 is 11.6 Å². The van der Waals surface area contributed by atoms with Gasteiger partial charge in [-0.15, -0.1) is 0 Å². The Morgan fingerprint density at radius 1 is 1.21 bits per heavy atom. The number of carbonyl (C=O) groups excluding carboxylic acids is 1. The average Bonchev–Trinajstić information content (AvgIpc) is 2.80. The molecule has 0 fully saturated rings. The lowest BCUT2D eigenvalue weighted by Crippen LogP contribution is -2.17. The van der Waals surface area contributed by atoms with Crippen LogP contribution in [0.4, 0.5) is 14.3 Å². The third-order valence-corrected chi connectivity index (χ3v) is 3.80. The zero-order chi connectivity index (χ0) is 17.3. The topological polar surface area (TPSA) is 43.3 Å². The Balaban J connectivity index is 2.08. The van der Waals surface area contributed by atoms with Gasteiger partial charge in [0.25, 0.3) is 5.91 Å². The number of aryl methyl sites for hydroxylation is 1. The number of anilines is 1. The van der Waals surface area contributed by atoms with Gasteiger partial charge in [0.05, 0.1) is 5.52 Å². The van der Waals surface area contributed by atoms with Gasteiger partial charge < -0.3 is 14.5 Å². The minimum absolute atomic E-state index is 0.0494. The van der Waals surface area contributed by atoms with Crippen LogP contribution in [0.5, 0.6) is 5.88 Å². The van der Waals surface area contributed by atoms with Crippen molar-refractivity contribution in [2.75, 3.05) is 5.32 Å². The second kappa shape index (κ2) is 6.53. The van der Waals surface area contributed by atoms with Crippen molar-refractivity contribution in [3.63, 3.8) is 0 Å². The minimum Gasteiger partial charge on any atom is -0.491 e. The summed E-state index contributed by atoms with van der Waals surface area (Å²) in [5.41, 5.74) is 1.13. The fourth-order valence-corrected chi connectivity index (χ4v) is 2.76. The molecule has 1 aromatic heterocycles. The maximum atomic E-state index is 12.8. The molecule has 0 aliphatic heterocycles. The zero-order valence-electron chi connectivity index (χ0n) is 12.6. The third-order valence-electron chi connectivity index (χ3n) is 3.56. The number of nitrogens with zero attached hydrogens (tertiary/aromatic N) is 1. The molecule has 8 heteroatoms. The van der Waals surface area contributed by atoms with Crippen LogP contribution in [-0.2, 0) is 7.05 Å². The molecule has 4 nitrogen and oxygen atoms in total. The van der Waals surface area contributed by atoms with E-state index in [2.05, 4.69) is 9.97 Å². The minimum atomic E-state index is -3.04. The van der Waals surface area contributed by atoms with E-state index in [-0.39, 0.29) is 11.4 Å². The number of hydrogen-bond acceptors (Lipinski definition) is 2. The van der Waals surface area contributed by atoms with Gasteiger partial charge in [-0.25, -0.2) is 8.63 Å². The Bertz CT molecular complexity index is 914. The zero-order valence-corrected chi connectivity index (χ0v) is 13.3. The molecule has 0 saturated carbocycles. The average molecular weight is 349 g/mol. The Labute approximate surface area is 142 Å². The van der Waals surface area contributed by atoms with E-state index in [1.165, 1.54) is 4.57 Å². The number of halogens is 3. The van der Waals surface area contributed by atoms with Crippen LogP contribution in [0.15, 0.2) is 48.5 Å². The highest BCUT2D eigenvalue weighted by Gasteiger charge is 2.28. The van der Waals surface area contributed by atoms with E-state index in [0.29, 0.717) is 21.6 Å². The van der Waals surface area contributed by atoms with Crippen LogP contribution in [0, 0.1) is 0 Å². The molecule has 24 heavy (non-hydrogen) atoms. The summed E-state index contributed by atoms with van der Waals surface area (Å²) in [6.45, 7) is 0. The largest absolute Gasteiger partial charge is 0.797 e. The van der Waals surface area contributed by atoms with Crippen molar-refractivity contribution >= 4 is 41.6 Å². The van der Waals surface area contributed by atoms with Crippen molar-refractivity contribution in [2.24, 2.45) is 7.05 Å². The van der Waals surface area contributed by atoms with E-state index >= 15 is 0 Å². The molecule has 0 unspecified atom stereocenters. The third kappa shape index (κ3) is 3.07. The van der Waals surface area contributed by atoms with Crippen LogP contribution in [0.3, 0.4) is 0 Å². The van der Waals surface area contributed by atoms with Gasteiger partial charge in [-0.1, -0.05) is 35.9 Å². The molecule has 1 heterocycles. The normalized spacial score (nSPS) is 10.7. The first-order chi connectivity index (χ1) is 11.5. The van der Waals surface area contributed by atoms with Crippen molar-refractivity contribution in [2.45, 2.75) is 0 Å². The summed E-state index contributed by atoms with van der Waals surface area (Å²) in [7, 11) is -1.47. The fraction of sp³-hybridized carbons (Fsp3) is 0.0625. The van der Waals surface area contributed by atoms with Crippen molar-refractivity contribution in [1.29, 1.82) is 0 Å². The smallest absolute Gasteiger partial charge is 0.491 e. The molecule has 0 atom stereocenters. The number of aromatic nitrogens is 1. The second-order valence-corrected chi connectivity index (χ2v) is 5.54. The molecular weight excluding hydrogens is 336 g/mol. The molecule has 0 aliphatic carbocycles. The summed E-state index contributed by atoms with van der Waals surface area (Å²) in [4.78, 5) is 12.7. The first kappa shape index (κ1) is 16.3. The SMILES string of the molecule is Cn1c(OB(F)F)c(C(=O)Nc2cccc(Cl)c2)c2ccccc21. The summed E-state index contributed by atoms with van der Waals surface area (Å²) in [5, 5.41) is 3.63. The number of carbonyl (C=O) groups is 1. The number of hydrogen-bond donors (Lipinski definition) is 1. The van der Waals surface area contributed by atoms with Crippen LogP contribution < -0.4 is 9.97 Å². The molecule has 0 aliphatic rings. The van der Waals surface area contributed by atoms with Gasteiger partial charge in [-0.05, 0) is 24.3 Å². The predicted molar refractivity (Wildman–Crippen MR) is 90.9 cm³/mol. The monoisotopic (exact) mass is 348 g/mol. The first-order valence-corrected chi connectivity index (χ1v) is 7.44. The molecule has 0 bridgehead atoms. The quantitative estimate of drug-likeness (QED) is 0.711. The lowest BCUT2D eigenvalue weighted by molar-refractivity contribution is 0.102. The van der Waals surface area contributed by atoms with Gasteiger partial charge in [-0.2, -0.15) is 0 Å². The molecular formula is C16H12BClF2N2O2. The van der Waals surface area contributed by atoms with Gasteiger partial charge >= 0.3 is 7.47 Å². The van der Waals surface area contributed by atoms with E-state index in [0.717, 1.165) is 0 Å². The highest BCUT2D eigenvalue weighted by molar-refractivity contribution is 6.36. The summed E-state index contributed by atoms with van der Waals surface area (Å²) < 4.78 is 31.5. The van der Waals surface area contributed by atoms with Crippen LogP contribution in [0.2, 0.25) is 5.02 Å². The first-order valence-electron chi connectivity index (χ1n) is 7.06. The second-order valence-electron chi connectivity index (χ2n) is 5.10. The maximum Gasteiger partial charge on any atom is 0.797 e. The Morgan fingerprint density at radius 3 is 2.67 bits per heavy atom. The maximum absolute atomic E-state index is 12.8. The van der Waals surface area contributed by atoms with Gasteiger partial charge in [0.15, 0.2) is 5.88 Å². The Kier molecular flexibility index (Phi) is 4.44. The number of amides is 1. The lowest BCUT2D eigenvalue weighted by atomic mass is 10.1. The summed E-state index contributed by atoms with van der Waals surface area (Å²) >= 11 is 5.89. The number of rotatable bonds is 4. The van der Waals surface area contributed by atoms with Gasteiger partial charge in [0, 0.05) is 23.1 Å². The lowest BCUT2D eigenvalue weighted by Gasteiger charge is -2.09. The summed E-state index contributed by atoms with van der Waals surface area (Å²) in [6.07, 6.45) is 0. The van der Waals surface area contributed by atoms with Crippen LogP contribution in [0.25, 0.3) is 10.9 Å². The Hall–Kier alpha value is -2.54. The van der Waals surface area contributed by atoms with E-state index in [1.54, 1.807) is 55.6 Å². The van der Waals surface area contributed by atoms with Gasteiger partial charge in [-0.3, -0.25) is 4.79 Å². The molecule has 0 saturated heterocycles. The number of benzene rings is 2. The van der Waals surface area contributed by atoms with Crippen LogP contribution in [0.1, 0.15) is 10.4 Å². The van der Waals surface area contributed by atoms with E-state index in [4.69, 9.17) is 11.6 Å². The fourth-order valence-electron chi connectivity index (χ4n) is 2.57. The van der Waals surface area contributed by atoms with Crippen LogP contribution in [-0.4, -0.2) is 17.9 Å². The molecule has 3 aromatic rings. The highest BCUT2D eigenvalue weighted by atomic mass is 35.5. The predicted octanol–water partition coefficient (Wildman–Crippen LogP) is 4.39. The molecule has 3 rings (SSSR count). The molecule has 1 amide bonds. The number of para-hydroxylation sites is 1. The van der Waals surface area contributed by atoms with Crippen molar-refractivity contribution < 1.29 is 18.1 Å². The molecule has 0 spiro atoms. The summed E-state index contributed by atoms with van der Waals surface area (Å²) in [5.74, 6) is -0.740. The van der Waals surface area contributed by atoms with Gasteiger partial charge in [0.2, 0.25) is 0 Å². The number of nitrogens with one attached hydrogen (secondary N) is 1. The highest BCUT2D eigenvalue weighted by Crippen LogP contribution is 2.32. The summed E-state index contributed by atoms with van der Waals surface area (Å²) in [6, 6.07) is 13.5. The van der Waals surface area contributed by atoms with Crippen molar-refractivity contribution in [3.8, 4) is 5.88 Å².